The molecular weight excluding hydrogens is 302 g/mol. The molecule has 0 atom stereocenters. The van der Waals surface area contributed by atoms with E-state index in [-0.39, 0.29) is 0 Å². The van der Waals surface area contributed by atoms with E-state index in [9.17, 15) is 0 Å². The number of rotatable bonds is 5. The fourth-order valence-corrected chi connectivity index (χ4v) is 3.48. The molecule has 2 N–H and O–H groups in total. The SMILES string of the molecule is CN=C(NCCc1csc(C)n1)NCc1sc(C)nc1C. The van der Waals surface area contributed by atoms with Crippen LogP contribution in [0.5, 0.6) is 0 Å². The zero-order valence-corrected chi connectivity index (χ0v) is 14.5. The lowest BCUT2D eigenvalue weighted by atomic mass is 10.3. The van der Waals surface area contributed by atoms with E-state index in [2.05, 4.69) is 31.0 Å². The fraction of sp³-hybridized carbons (Fsp3) is 0.500. The second-order valence-corrected chi connectivity index (χ2v) is 7.05. The van der Waals surface area contributed by atoms with Crippen molar-refractivity contribution >= 4 is 28.6 Å². The molecule has 0 saturated carbocycles. The Labute approximate surface area is 133 Å². The van der Waals surface area contributed by atoms with Gasteiger partial charge in [0.1, 0.15) is 0 Å². The topological polar surface area (TPSA) is 62.2 Å². The van der Waals surface area contributed by atoms with Crippen LogP contribution in [-0.2, 0) is 13.0 Å². The summed E-state index contributed by atoms with van der Waals surface area (Å²) in [6.45, 7) is 7.68. The molecule has 0 saturated heterocycles. The minimum atomic E-state index is 0.757. The van der Waals surface area contributed by atoms with Gasteiger partial charge >= 0.3 is 0 Å². The van der Waals surface area contributed by atoms with Crippen LogP contribution in [0.3, 0.4) is 0 Å². The first kappa shape index (κ1) is 15.9. The van der Waals surface area contributed by atoms with Crippen molar-refractivity contribution in [3.63, 3.8) is 0 Å². The number of guanidine groups is 1. The summed E-state index contributed by atoms with van der Waals surface area (Å²) in [5.41, 5.74) is 2.23. The number of nitrogens with one attached hydrogen (secondary N) is 2. The highest BCUT2D eigenvalue weighted by atomic mass is 32.1. The van der Waals surface area contributed by atoms with Gasteiger partial charge in [-0.15, -0.1) is 22.7 Å². The standard InChI is InChI=1S/C14H21N5S2/c1-9-13(21-11(3)18-9)7-17-14(15-4)16-6-5-12-8-20-10(2)19-12/h8H,5-7H2,1-4H3,(H2,15,16,17). The largest absolute Gasteiger partial charge is 0.356 e. The van der Waals surface area contributed by atoms with Gasteiger partial charge in [-0.25, -0.2) is 9.97 Å². The molecule has 0 aliphatic rings. The van der Waals surface area contributed by atoms with Gasteiger partial charge in [0.15, 0.2) is 5.96 Å². The van der Waals surface area contributed by atoms with Gasteiger partial charge in [0.2, 0.25) is 0 Å². The number of hydrogen-bond acceptors (Lipinski definition) is 5. The van der Waals surface area contributed by atoms with Gasteiger partial charge in [-0.05, 0) is 20.8 Å². The predicted molar refractivity (Wildman–Crippen MR) is 90.3 cm³/mol. The van der Waals surface area contributed by atoms with E-state index in [1.54, 1.807) is 29.7 Å². The molecule has 0 unspecified atom stereocenters. The van der Waals surface area contributed by atoms with Gasteiger partial charge in [-0.1, -0.05) is 0 Å². The third kappa shape index (κ3) is 4.78. The lowest BCUT2D eigenvalue weighted by Crippen LogP contribution is -2.37. The zero-order valence-electron chi connectivity index (χ0n) is 12.9. The number of nitrogens with zero attached hydrogens (tertiary/aromatic N) is 3. The first-order valence-corrected chi connectivity index (χ1v) is 8.56. The highest BCUT2D eigenvalue weighted by Gasteiger charge is 2.06. The van der Waals surface area contributed by atoms with E-state index in [4.69, 9.17) is 0 Å². The quantitative estimate of drug-likeness (QED) is 0.655. The Morgan fingerprint density at radius 2 is 2.00 bits per heavy atom. The maximum atomic E-state index is 4.45. The summed E-state index contributed by atoms with van der Waals surface area (Å²) in [6, 6.07) is 0. The Kier molecular flexibility index (Phi) is 5.69. The van der Waals surface area contributed by atoms with Crippen molar-refractivity contribution in [3.8, 4) is 0 Å². The molecule has 5 nitrogen and oxygen atoms in total. The number of aliphatic imine (C=N–C) groups is 1. The van der Waals surface area contributed by atoms with Crippen LogP contribution >= 0.6 is 22.7 Å². The van der Waals surface area contributed by atoms with Gasteiger partial charge in [0, 0.05) is 30.3 Å². The molecule has 0 amide bonds. The van der Waals surface area contributed by atoms with Crippen LogP contribution in [0.15, 0.2) is 10.4 Å². The molecule has 0 aromatic carbocycles. The predicted octanol–water partition coefficient (Wildman–Crippen LogP) is 2.43. The van der Waals surface area contributed by atoms with Crippen LogP contribution in [0.25, 0.3) is 0 Å². The van der Waals surface area contributed by atoms with Crippen molar-refractivity contribution in [1.29, 1.82) is 0 Å². The molecule has 7 heteroatoms. The monoisotopic (exact) mass is 323 g/mol. The van der Waals surface area contributed by atoms with Crippen molar-refractivity contribution in [2.24, 2.45) is 4.99 Å². The van der Waals surface area contributed by atoms with Gasteiger partial charge in [0.05, 0.1) is 27.9 Å². The summed E-state index contributed by atoms with van der Waals surface area (Å²) in [5, 5.41) is 11.0. The number of thiazole rings is 2. The molecule has 0 fully saturated rings. The maximum Gasteiger partial charge on any atom is 0.191 e. The number of hydrogen-bond donors (Lipinski definition) is 2. The Bertz CT molecular complexity index is 615. The first-order chi connectivity index (χ1) is 10.1. The second-order valence-electron chi connectivity index (χ2n) is 4.70. The van der Waals surface area contributed by atoms with Crippen LogP contribution in [-0.4, -0.2) is 29.5 Å². The Balaban J connectivity index is 1.77. The van der Waals surface area contributed by atoms with E-state index >= 15 is 0 Å². The summed E-state index contributed by atoms with van der Waals surface area (Å²) in [6.07, 6.45) is 0.906. The van der Waals surface area contributed by atoms with Crippen LogP contribution in [0.2, 0.25) is 0 Å². The minimum absolute atomic E-state index is 0.757. The third-order valence-corrected chi connectivity index (χ3v) is 4.87. The molecule has 2 rings (SSSR count). The normalized spacial score (nSPS) is 11.7. The maximum absolute atomic E-state index is 4.45. The van der Waals surface area contributed by atoms with E-state index < -0.39 is 0 Å². The molecule has 2 heterocycles. The molecule has 0 aliphatic carbocycles. The average Bonchev–Trinajstić information content (AvgIpc) is 2.99. The Morgan fingerprint density at radius 1 is 1.19 bits per heavy atom. The lowest BCUT2D eigenvalue weighted by molar-refractivity contribution is 0.787. The van der Waals surface area contributed by atoms with Gasteiger partial charge < -0.3 is 10.6 Å². The zero-order chi connectivity index (χ0) is 15.2. The van der Waals surface area contributed by atoms with Gasteiger partial charge in [-0.2, -0.15) is 0 Å². The van der Waals surface area contributed by atoms with E-state index in [0.717, 1.165) is 46.9 Å². The number of aryl methyl sites for hydroxylation is 3. The average molecular weight is 323 g/mol. The Morgan fingerprint density at radius 3 is 2.57 bits per heavy atom. The molecule has 0 spiro atoms. The highest BCUT2D eigenvalue weighted by Crippen LogP contribution is 2.16. The third-order valence-electron chi connectivity index (χ3n) is 2.98. The van der Waals surface area contributed by atoms with E-state index in [0.29, 0.717) is 0 Å². The summed E-state index contributed by atoms with van der Waals surface area (Å²) >= 11 is 3.42. The summed E-state index contributed by atoms with van der Waals surface area (Å²) < 4.78 is 0. The lowest BCUT2D eigenvalue weighted by Gasteiger charge is -2.10. The molecule has 0 radical (unpaired) electrons. The molecular formula is C14H21N5S2. The van der Waals surface area contributed by atoms with Crippen molar-refractivity contribution in [3.05, 3.63) is 31.7 Å². The smallest absolute Gasteiger partial charge is 0.191 e. The molecule has 114 valence electrons. The summed E-state index contributed by atoms with van der Waals surface area (Å²) in [5.74, 6) is 0.812. The highest BCUT2D eigenvalue weighted by molar-refractivity contribution is 7.11. The van der Waals surface area contributed by atoms with Crippen molar-refractivity contribution < 1.29 is 0 Å². The molecule has 2 aromatic heterocycles. The fourth-order valence-electron chi connectivity index (χ4n) is 1.95. The second kappa shape index (κ2) is 7.51. The van der Waals surface area contributed by atoms with Gasteiger partial charge in [0.25, 0.3) is 0 Å². The van der Waals surface area contributed by atoms with Gasteiger partial charge in [-0.3, -0.25) is 4.99 Å². The summed E-state index contributed by atoms with van der Waals surface area (Å²) in [7, 11) is 1.78. The summed E-state index contributed by atoms with van der Waals surface area (Å²) in [4.78, 5) is 14.4. The van der Waals surface area contributed by atoms with Crippen molar-refractivity contribution in [2.75, 3.05) is 13.6 Å². The molecule has 21 heavy (non-hydrogen) atoms. The van der Waals surface area contributed by atoms with Crippen LogP contribution in [0.1, 0.15) is 26.3 Å². The van der Waals surface area contributed by atoms with Crippen molar-refractivity contribution in [1.82, 2.24) is 20.6 Å². The van der Waals surface area contributed by atoms with Crippen LogP contribution in [0, 0.1) is 20.8 Å². The van der Waals surface area contributed by atoms with Crippen molar-refractivity contribution in [2.45, 2.75) is 33.7 Å². The molecule has 0 bridgehead atoms. The minimum Gasteiger partial charge on any atom is -0.356 e. The van der Waals surface area contributed by atoms with E-state index in [1.807, 2.05) is 20.8 Å². The van der Waals surface area contributed by atoms with Crippen LogP contribution in [0.4, 0.5) is 0 Å². The first-order valence-electron chi connectivity index (χ1n) is 6.87. The molecule has 0 aliphatic heterocycles. The molecule has 2 aromatic rings. The number of aromatic nitrogens is 2. The van der Waals surface area contributed by atoms with Crippen LogP contribution < -0.4 is 10.6 Å². The Hall–Kier alpha value is -1.47. The van der Waals surface area contributed by atoms with E-state index in [1.165, 1.54) is 4.88 Å².